The van der Waals surface area contributed by atoms with Crippen LogP contribution in [-0.4, -0.2) is 49.5 Å². The molecule has 2 heterocycles. The van der Waals surface area contributed by atoms with Gasteiger partial charge in [-0.15, -0.1) is 0 Å². The van der Waals surface area contributed by atoms with Crippen LogP contribution in [0.25, 0.3) is 6.08 Å². The molecule has 0 atom stereocenters. The normalized spacial score (nSPS) is 13.8. The highest BCUT2D eigenvalue weighted by Crippen LogP contribution is 2.36. The van der Waals surface area contributed by atoms with Gasteiger partial charge in [-0.1, -0.05) is 23.7 Å². The third-order valence-electron chi connectivity index (χ3n) is 5.39. The van der Waals surface area contributed by atoms with Crippen molar-refractivity contribution in [3.63, 3.8) is 0 Å². The lowest BCUT2D eigenvalue weighted by Crippen LogP contribution is -2.30. The molecule has 39 heavy (non-hydrogen) atoms. The molecule has 0 spiro atoms. The summed E-state index contributed by atoms with van der Waals surface area (Å²) in [6, 6.07) is 10.6. The number of para-hydroxylation sites is 1. The first-order valence-corrected chi connectivity index (χ1v) is 11.6. The Kier molecular flexibility index (Phi) is 8.15. The van der Waals surface area contributed by atoms with E-state index in [9.17, 15) is 23.6 Å². The molecule has 0 aliphatic carbocycles. The molecule has 0 saturated carbocycles. The van der Waals surface area contributed by atoms with E-state index in [1.54, 1.807) is 6.07 Å². The van der Waals surface area contributed by atoms with Crippen molar-refractivity contribution < 1.29 is 42.2 Å². The molecule has 202 valence electrons. The van der Waals surface area contributed by atoms with Gasteiger partial charge in [0, 0.05) is 16.7 Å². The number of ether oxygens (including phenoxy) is 3. The van der Waals surface area contributed by atoms with Gasteiger partial charge in [0.2, 0.25) is 5.76 Å². The first kappa shape index (κ1) is 27.2. The van der Waals surface area contributed by atoms with Crippen molar-refractivity contribution in [3.05, 3.63) is 82.2 Å². The van der Waals surface area contributed by atoms with Gasteiger partial charge in [0.05, 0.1) is 26.5 Å². The zero-order valence-corrected chi connectivity index (χ0v) is 21.3. The van der Waals surface area contributed by atoms with Crippen LogP contribution in [0.5, 0.6) is 11.5 Å². The summed E-state index contributed by atoms with van der Waals surface area (Å²) < 4.78 is 34.8. The second kappa shape index (κ2) is 11.7. The fourth-order valence-electron chi connectivity index (χ4n) is 3.59. The lowest BCUT2D eigenvalue weighted by Gasteiger charge is -2.15. The van der Waals surface area contributed by atoms with E-state index < -0.39 is 36.2 Å². The predicted molar refractivity (Wildman–Crippen MR) is 136 cm³/mol. The molecular weight excluding hydrogens is 537 g/mol. The fraction of sp³-hybridized carbons (Fsp3) is 0.154. The van der Waals surface area contributed by atoms with E-state index in [1.165, 1.54) is 62.8 Å². The summed E-state index contributed by atoms with van der Waals surface area (Å²) in [6.07, 6.45) is 1.31. The van der Waals surface area contributed by atoms with Crippen LogP contribution < -0.4 is 20.1 Å². The van der Waals surface area contributed by atoms with Crippen LogP contribution in [0.3, 0.4) is 0 Å². The molecule has 1 fully saturated rings. The molecule has 1 aliphatic heterocycles. The summed E-state index contributed by atoms with van der Waals surface area (Å²) >= 11 is 6.20. The largest absolute Gasteiger partial charge is 0.493 e. The van der Waals surface area contributed by atoms with Crippen LogP contribution >= 0.6 is 11.6 Å². The summed E-state index contributed by atoms with van der Waals surface area (Å²) in [7, 11) is 2.54. The minimum Gasteiger partial charge on any atom is -0.493 e. The van der Waals surface area contributed by atoms with Crippen LogP contribution in [0.4, 0.5) is 14.9 Å². The summed E-state index contributed by atoms with van der Waals surface area (Å²) in [6.45, 7) is -0.784. The van der Waals surface area contributed by atoms with E-state index in [4.69, 9.17) is 25.5 Å². The molecule has 0 radical (unpaired) electrons. The van der Waals surface area contributed by atoms with Gasteiger partial charge in [-0.2, -0.15) is 0 Å². The minimum atomic E-state index is -0.733. The number of nitrogens with one attached hydrogen (secondary N) is 2. The van der Waals surface area contributed by atoms with Crippen LogP contribution in [0.1, 0.15) is 21.9 Å². The van der Waals surface area contributed by atoms with Gasteiger partial charge in [0.25, 0.3) is 11.8 Å². The Hall–Kier alpha value is -4.84. The number of benzene rings is 2. The smallest absolute Gasteiger partial charge is 0.373 e. The highest BCUT2D eigenvalue weighted by Gasteiger charge is 2.35. The molecular formula is C26H21ClFN3O8. The summed E-state index contributed by atoms with van der Waals surface area (Å²) in [4.78, 5) is 50.4. The van der Waals surface area contributed by atoms with Crippen molar-refractivity contribution in [2.24, 2.45) is 0 Å². The second-order valence-corrected chi connectivity index (χ2v) is 8.42. The number of hydrogen-bond acceptors (Lipinski definition) is 8. The zero-order chi connectivity index (χ0) is 28.1. The van der Waals surface area contributed by atoms with Crippen molar-refractivity contribution in [3.8, 4) is 11.5 Å². The number of nitrogens with zero attached hydrogens (tertiary/aromatic N) is 1. The van der Waals surface area contributed by atoms with Gasteiger partial charge in [0.15, 0.2) is 18.1 Å². The number of furan rings is 1. The summed E-state index contributed by atoms with van der Waals surface area (Å²) in [5.41, 5.74) is 0.0744. The average Bonchev–Trinajstić information content (AvgIpc) is 3.49. The van der Waals surface area contributed by atoms with E-state index >= 15 is 0 Å². The summed E-state index contributed by atoms with van der Waals surface area (Å²) in [5.74, 6) is -2.38. The quantitative estimate of drug-likeness (QED) is 0.229. The number of amides is 4. The molecule has 4 amide bonds. The van der Waals surface area contributed by atoms with E-state index in [0.29, 0.717) is 0 Å². The number of urea groups is 1. The van der Waals surface area contributed by atoms with E-state index in [-0.39, 0.29) is 51.5 Å². The molecule has 4 rings (SSSR count). The molecule has 1 saturated heterocycles. The molecule has 2 aromatic carbocycles. The number of methoxy groups -OCH3 is 2. The molecule has 3 aromatic rings. The van der Waals surface area contributed by atoms with E-state index in [0.717, 1.165) is 4.90 Å². The van der Waals surface area contributed by atoms with Crippen molar-refractivity contribution in [1.82, 2.24) is 10.2 Å². The van der Waals surface area contributed by atoms with Gasteiger partial charge < -0.3 is 29.3 Å². The Morgan fingerprint density at radius 2 is 1.92 bits per heavy atom. The average molecular weight is 558 g/mol. The number of carbonyl (C=O) groups excluding carboxylic acids is 4. The van der Waals surface area contributed by atoms with Crippen LogP contribution in [0, 0.1) is 5.82 Å². The number of imide groups is 1. The topological polar surface area (TPSA) is 136 Å². The van der Waals surface area contributed by atoms with Gasteiger partial charge in [-0.25, -0.2) is 14.0 Å². The second-order valence-electron chi connectivity index (χ2n) is 7.98. The monoisotopic (exact) mass is 557 g/mol. The maximum absolute atomic E-state index is 13.9. The van der Waals surface area contributed by atoms with Crippen molar-refractivity contribution in [1.29, 1.82) is 0 Å². The Morgan fingerprint density at radius 3 is 2.64 bits per heavy atom. The number of halogens is 2. The Bertz CT molecular complexity index is 1490. The van der Waals surface area contributed by atoms with E-state index in [1.807, 2.05) is 0 Å². The van der Waals surface area contributed by atoms with Crippen LogP contribution in [-0.2, 0) is 20.9 Å². The number of hydrogen-bond donors (Lipinski definition) is 2. The van der Waals surface area contributed by atoms with Crippen molar-refractivity contribution >= 4 is 47.2 Å². The highest BCUT2D eigenvalue weighted by molar-refractivity contribution is 6.31. The molecule has 0 bridgehead atoms. The minimum absolute atomic E-state index is 0.0221. The molecule has 1 aliphatic rings. The zero-order valence-electron chi connectivity index (χ0n) is 20.6. The van der Waals surface area contributed by atoms with Gasteiger partial charge in [-0.3, -0.25) is 14.5 Å². The van der Waals surface area contributed by atoms with Gasteiger partial charge >= 0.3 is 12.0 Å². The standard InChI is InChI=1S/C26H21ClFN3O8/c1-36-21-11-15(27)9-14(23(21)38-13-22(32)29-18-6-4-3-5-17(18)28)10-19-24(33)31(26(35)30-19)12-16-7-8-20(39-16)25(34)37-2/h3-11H,12-13H2,1-2H3,(H,29,32)(H,30,35)/b19-10+. The first-order chi connectivity index (χ1) is 18.7. The van der Waals surface area contributed by atoms with Crippen LogP contribution in [0.15, 0.2) is 58.6 Å². The molecule has 13 heteroatoms. The molecule has 0 unspecified atom stereocenters. The van der Waals surface area contributed by atoms with Gasteiger partial charge in [0.1, 0.15) is 17.3 Å². The summed E-state index contributed by atoms with van der Waals surface area (Å²) in [5, 5.41) is 5.08. The number of rotatable bonds is 9. The van der Waals surface area contributed by atoms with Crippen molar-refractivity contribution in [2.45, 2.75) is 6.54 Å². The fourth-order valence-corrected chi connectivity index (χ4v) is 3.81. The predicted octanol–water partition coefficient (Wildman–Crippen LogP) is 3.98. The van der Waals surface area contributed by atoms with E-state index in [2.05, 4.69) is 15.4 Å². The lowest BCUT2D eigenvalue weighted by atomic mass is 10.1. The number of carbonyl (C=O) groups is 4. The lowest BCUT2D eigenvalue weighted by molar-refractivity contribution is -0.123. The molecule has 11 nitrogen and oxygen atoms in total. The number of anilines is 1. The Labute approximate surface area is 226 Å². The Morgan fingerprint density at radius 1 is 1.15 bits per heavy atom. The van der Waals surface area contributed by atoms with Gasteiger partial charge in [-0.05, 0) is 36.4 Å². The maximum atomic E-state index is 13.9. The first-order valence-electron chi connectivity index (χ1n) is 11.3. The maximum Gasteiger partial charge on any atom is 0.373 e. The third kappa shape index (κ3) is 6.18. The third-order valence-corrected chi connectivity index (χ3v) is 5.61. The van der Waals surface area contributed by atoms with Crippen LogP contribution in [0.2, 0.25) is 5.02 Å². The number of esters is 1. The Balaban J connectivity index is 1.54. The van der Waals surface area contributed by atoms with Crippen molar-refractivity contribution in [2.75, 3.05) is 26.1 Å². The molecule has 2 N–H and O–H groups in total. The SMILES string of the molecule is COC(=O)c1ccc(CN2C(=O)N/C(=C/c3cc(Cl)cc(OC)c3OCC(=O)Nc3ccccc3F)C2=O)o1. The molecule has 1 aromatic heterocycles. The highest BCUT2D eigenvalue weighted by atomic mass is 35.5.